The maximum Gasteiger partial charge on any atom is 0.226 e. The largest absolute Gasteiger partial charge is 0.365 e. The Morgan fingerprint density at radius 3 is 2.92 bits per heavy atom. The average Bonchev–Trinajstić information content (AvgIpc) is 2.58. The molecule has 2 aromatic rings. The van der Waals surface area contributed by atoms with E-state index in [1.54, 1.807) is 13.1 Å². The molecular formula is C16H22FN7. The number of aryl methyl sites for hydroxylation is 1. The zero-order valence-electron chi connectivity index (χ0n) is 14.2. The van der Waals surface area contributed by atoms with Gasteiger partial charge in [0.15, 0.2) is 11.6 Å². The Morgan fingerprint density at radius 2 is 2.12 bits per heavy atom. The molecule has 0 aliphatic carbocycles. The molecule has 8 heteroatoms. The average molecular weight is 331 g/mol. The quantitative estimate of drug-likeness (QED) is 0.917. The molecule has 0 spiro atoms. The molecule has 1 aliphatic heterocycles. The normalized spacial score (nSPS) is 17.7. The molecule has 0 amide bonds. The first-order valence-corrected chi connectivity index (χ1v) is 8.03. The van der Waals surface area contributed by atoms with Gasteiger partial charge in [-0.15, -0.1) is 0 Å². The third kappa shape index (κ3) is 3.52. The van der Waals surface area contributed by atoms with E-state index in [4.69, 9.17) is 0 Å². The predicted octanol–water partition coefficient (Wildman–Crippen LogP) is 1.86. The van der Waals surface area contributed by atoms with Crippen LogP contribution >= 0.6 is 0 Å². The van der Waals surface area contributed by atoms with Crippen molar-refractivity contribution in [3.63, 3.8) is 0 Å². The molecule has 0 radical (unpaired) electrons. The van der Waals surface area contributed by atoms with E-state index >= 15 is 0 Å². The third-order valence-electron chi connectivity index (χ3n) is 4.06. The number of nitrogens with one attached hydrogen (secondary N) is 1. The number of aromatic nitrogens is 4. The number of rotatable bonds is 4. The van der Waals surface area contributed by atoms with Crippen LogP contribution in [0.3, 0.4) is 0 Å². The summed E-state index contributed by atoms with van der Waals surface area (Å²) < 4.78 is 14.3. The SMILES string of the molecule is Cc1ncnc(N2CCCC(Nc3ccnc(N(C)C)n3)C2)c1F. The fraction of sp³-hybridized carbons (Fsp3) is 0.500. The molecule has 0 aromatic carbocycles. The van der Waals surface area contributed by atoms with Crippen LogP contribution in [0.15, 0.2) is 18.6 Å². The standard InChI is InChI=1S/C16H22FN7/c1-11-14(17)15(20-10-19-11)24-8-4-5-12(9-24)21-13-6-7-18-16(22-13)23(2)3/h6-7,10,12H,4-5,8-9H2,1-3H3,(H,18,21,22). The number of piperidine rings is 1. The fourth-order valence-electron chi connectivity index (χ4n) is 2.81. The van der Waals surface area contributed by atoms with Gasteiger partial charge in [-0.1, -0.05) is 0 Å². The summed E-state index contributed by atoms with van der Waals surface area (Å²) in [5.74, 6) is 1.48. The summed E-state index contributed by atoms with van der Waals surface area (Å²) in [5.41, 5.74) is 0.376. The van der Waals surface area contributed by atoms with E-state index in [-0.39, 0.29) is 11.9 Å². The lowest BCUT2D eigenvalue weighted by atomic mass is 10.1. The van der Waals surface area contributed by atoms with Crippen molar-refractivity contribution in [3.05, 3.63) is 30.1 Å². The Balaban J connectivity index is 1.72. The molecule has 3 rings (SSSR count). The molecule has 1 fully saturated rings. The summed E-state index contributed by atoms with van der Waals surface area (Å²) in [6.45, 7) is 3.12. The minimum absolute atomic E-state index is 0.179. The van der Waals surface area contributed by atoms with E-state index in [1.807, 2.05) is 30.0 Å². The molecule has 0 bridgehead atoms. The van der Waals surface area contributed by atoms with E-state index in [0.29, 0.717) is 24.0 Å². The third-order valence-corrected chi connectivity index (χ3v) is 4.06. The van der Waals surface area contributed by atoms with Crippen LogP contribution in [0.5, 0.6) is 0 Å². The topological polar surface area (TPSA) is 70.1 Å². The van der Waals surface area contributed by atoms with Crippen molar-refractivity contribution in [2.24, 2.45) is 0 Å². The molecule has 7 nitrogen and oxygen atoms in total. The molecule has 24 heavy (non-hydrogen) atoms. The molecule has 1 atom stereocenters. The number of hydrogen-bond acceptors (Lipinski definition) is 7. The summed E-state index contributed by atoms with van der Waals surface area (Å²) in [5, 5.41) is 3.42. The van der Waals surface area contributed by atoms with Crippen LogP contribution in [0.4, 0.5) is 22.0 Å². The van der Waals surface area contributed by atoms with E-state index in [9.17, 15) is 4.39 Å². The first kappa shape index (κ1) is 16.4. The number of halogens is 1. The zero-order chi connectivity index (χ0) is 17.1. The smallest absolute Gasteiger partial charge is 0.226 e. The second kappa shape index (κ2) is 6.94. The second-order valence-electron chi connectivity index (χ2n) is 6.16. The first-order valence-electron chi connectivity index (χ1n) is 8.03. The minimum atomic E-state index is -0.338. The van der Waals surface area contributed by atoms with Gasteiger partial charge in [-0.3, -0.25) is 0 Å². The molecular weight excluding hydrogens is 309 g/mol. The van der Waals surface area contributed by atoms with Crippen molar-refractivity contribution in [3.8, 4) is 0 Å². The van der Waals surface area contributed by atoms with E-state index in [2.05, 4.69) is 25.3 Å². The van der Waals surface area contributed by atoms with E-state index in [1.165, 1.54) is 6.33 Å². The zero-order valence-corrected chi connectivity index (χ0v) is 14.2. The van der Waals surface area contributed by atoms with E-state index < -0.39 is 0 Å². The molecule has 128 valence electrons. The maximum absolute atomic E-state index is 14.3. The van der Waals surface area contributed by atoms with E-state index in [0.717, 1.165) is 25.2 Å². The Morgan fingerprint density at radius 1 is 1.29 bits per heavy atom. The van der Waals surface area contributed by atoms with Crippen LogP contribution in [0.1, 0.15) is 18.5 Å². The Bertz CT molecular complexity index is 707. The lowest BCUT2D eigenvalue weighted by Crippen LogP contribution is -2.43. The number of nitrogens with zero attached hydrogens (tertiary/aromatic N) is 6. The molecule has 2 aromatic heterocycles. The summed E-state index contributed by atoms with van der Waals surface area (Å²) in [6.07, 6.45) is 5.12. The summed E-state index contributed by atoms with van der Waals surface area (Å²) in [4.78, 5) is 20.5. The minimum Gasteiger partial charge on any atom is -0.365 e. The van der Waals surface area contributed by atoms with Crippen LogP contribution in [0.25, 0.3) is 0 Å². The van der Waals surface area contributed by atoms with Gasteiger partial charge in [0.05, 0.1) is 5.69 Å². The van der Waals surface area contributed by atoms with Crippen molar-refractivity contribution in [1.29, 1.82) is 0 Å². The lowest BCUT2D eigenvalue weighted by Gasteiger charge is -2.34. The molecule has 3 heterocycles. The van der Waals surface area contributed by atoms with Gasteiger partial charge in [-0.2, -0.15) is 4.98 Å². The Kier molecular flexibility index (Phi) is 4.73. The number of hydrogen-bond donors (Lipinski definition) is 1. The molecule has 1 saturated heterocycles. The van der Waals surface area contributed by atoms with Gasteiger partial charge >= 0.3 is 0 Å². The molecule has 0 saturated carbocycles. The highest BCUT2D eigenvalue weighted by Gasteiger charge is 2.24. The van der Waals surface area contributed by atoms with Crippen molar-refractivity contribution in [1.82, 2.24) is 19.9 Å². The highest BCUT2D eigenvalue weighted by Crippen LogP contribution is 2.23. The maximum atomic E-state index is 14.3. The van der Waals surface area contributed by atoms with Crippen LogP contribution in [0.2, 0.25) is 0 Å². The Hall–Kier alpha value is -2.51. The van der Waals surface area contributed by atoms with Crippen molar-refractivity contribution < 1.29 is 4.39 Å². The Labute approximate surface area is 141 Å². The van der Waals surface area contributed by atoms with Crippen LogP contribution in [-0.4, -0.2) is 53.2 Å². The van der Waals surface area contributed by atoms with Crippen LogP contribution in [-0.2, 0) is 0 Å². The van der Waals surface area contributed by atoms with Crippen LogP contribution < -0.4 is 15.1 Å². The number of anilines is 3. The first-order chi connectivity index (χ1) is 11.5. The van der Waals surface area contributed by atoms with Gasteiger partial charge in [0.2, 0.25) is 5.95 Å². The second-order valence-corrected chi connectivity index (χ2v) is 6.16. The van der Waals surface area contributed by atoms with Gasteiger partial charge in [0.25, 0.3) is 0 Å². The summed E-state index contributed by atoms with van der Waals surface area (Å²) in [6, 6.07) is 2.03. The fourth-order valence-corrected chi connectivity index (χ4v) is 2.81. The van der Waals surface area contributed by atoms with Gasteiger partial charge in [0.1, 0.15) is 12.1 Å². The molecule has 1 aliphatic rings. The van der Waals surface area contributed by atoms with Crippen molar-refractivity contribution in [2.75, 3.05) is 42.3 Å². The van der Waals surface area contributed by atoms with Gasteiger partial charge < -0.3 is 15.1 Å². The van der Waals surface area contributed by atoms with Crippen molar-refractivity contribution in [2.45, 2.75) is 25.8 Å². The van der Waals surface area contributed by atoms with Crippen LogP contribution in [0, 0.1) is 12.7 Å². The van der Waals surface area contributed by atoms with Gasteiger partial charge in [-0.25, -0.2) is 19.3 Å². The van der Waals surface area contributed by atoms with Gasteiger partial charge in [-0.05, 0) is 25.8 Å². The summed E-state index contributed by atoms with van der Waals surface area (Å²) >= 11 is 0. The molecule has 1 N–H and O–H groups in total. The van der Waals surface area contributed by atoms with Crippen molar-refractivity contribution >= 4 is 17.6 Å². The monoisotopic (exact) mass is 331 g/mol. The predicted molar refractivity (Wildman–Crippen MR) is 91.9 cm³/mol. The van der Waals surface area contributed by atoms with Gasteiger partial charge in [0, 0.05) is 39.4 Å². The molecule has 1 unspecified atom stereocenters. The highest BCUT2D eigenvalue weighted by atomic mass is 19.1. The summed E-state index contributed by atoms with van der Waals surface area (Å²) in [7, 11) is 3.81. The lowest BCUT2D eigenvalue weighted by molar-refractivity contribution is 0.509. The highest BCUT2D eigenvalue weighted by molar-refractivity contribution is 5.45.